The molecule has 0 radical (unpaired) electrons. The van der Waals surface area contributed by atoms with Gasteiger partial charge in [-0.1, -0.05) is 35.0 Å². The molecule has 25 heavy (non-hydrogen) atoms. The number of thioether (sulfide) groups is 1. The normalized spacial score (nSPS) is 10.6. The number of nitrogens with zero attached hydrogens (tertiary/aromatic N) is 3. The molecule has 128 valence electrons. The molecule has 0 aliphatic carbocycles. The van der Waals surface area contributed by atoms with Gasteiger partial charge in [-0.25, -0.2) is 0 Å². The number of nitrogens with one attached hydrogen (secondary N) is 1. The molecule has 3 aromatic rings. The first-order chi connectivity index (χ1) is 12.1. The van der Waals surface area contributed by atoms with Crippen molar-refractivity contribution in [2.75, 3.05) is 12.0 Å². The van der Waals surface area contributed by atoms with Crippen LogP contribution in [0.1, 0.15) is 16.1 Å². The van der Waals surface area contributed by atoms with Gasteiger partial charge >= 0.3 is 0 Å². The van der Waals surface area contributed by atoms with Crippen LogP contribution in [0.2, 0.25) is 5.02 Å². The van der Waals surface area contributed by atoms with E-state index >= 15 is 0 Å². The van der Waals surface area contributed by atoms with E-state index < -0.39 is 0 Å². The van der Waals surface area contributed by atoms with Crippen molar-refractivity contribution in [2.24, 2.45) is 0 Å². The molecule has 0 atom stereocenters. The fraction of sp³-hybridized carbons (Fsp3) is 0.118. The Bertz CT molecular complexity index is 894. The highest BCUT2D eigenvalue weighted by atomic mass is 35.5. The van der Waals surface area contributed by atoms with Crippen LogP contribution in [-0.4, -0.2) is 27.2 Å². The monoisotopic (exact) mass is 373 g/mol. The summed E-state index contributed by atoms with van der Waals surface area (Å²) in [5.41, 5.74) is 7.86. The number of anilines is 1. The summed E-state index contributed by atoms with van der Waals surface area (Å²) >= 11 is 7.46. The van der Waals surface area contributed by atoms with E-state index in [1.165, 1.54) is 4.68 Å². The molecule has 1 amide bonds. The quantitative estimate of drug-likeness (QED) is 0.671. The maximum atomic E-state index is 12.3. The van der Waals surface area contributed by atoms with Gasteiger partial charge in [0.2, 0.25) is 0 Å². The van der Waals surface area contributed by atoms with Crippen LogP contribution in [0.15, 0.2) is 53.4 Å². The van der Waals surface area contributed by atoms with Crippen molar-refractivity contribution >= 4 is 35.1 Å². The lowest BCUT2D eigenvalue weighted by molar-refractivity contribution is 0.0947. The molecule has 2 aromatic carbocycles. The van der Waals surface area contributed by atoms with Gasteiger partial charge in [-0.15, -0.1) is 16.9 Å². The van der Waals surface area contributed by atoms with E-state index in [1.54, 1.807) is 23.9 Å². The summed E-state index contributed by atoms with van der Waals surface area (Å²) in [7, 11) is 0. The van der Waals surface area contributed by atoms with Crippen LogP contribution in [0.3, 0.4) is 0 Å². The molecule has 0 bridgehead atoms. The van der Waals surface area contributed by atoms with Crippen LogP contribution in [0.5, 0.6) is 0 Å². The van der Waals surface area contributed by atoms with Gasteiger partial charge in [0, 0.05) is 16.5 Å². The van der Waals surface area contributed by atoms with Crippen molar-refractivity contribution in [1.29, 1.82) is 0 Å². The first kappa shape index (κ1) is 17.3. The molecule has 3 N–H and O–H groups in total. The molecule has 0 fully saturated rings. The van der Waals surface area contributed by atoms with Crippen molar-refractivity contribution in [1.82, 2.24) is 20.3 Å². The maximum absolute atomic E-state index is 12.3. The minimum absolute atomic E-state index is 0.100. The Kier molecular flexibility index (Phi) is 5.25. The number of benzene rings is 2. The molecular weight excluding hydrogens is 358 g/mol. The van der Waals surface area contributed by atoms with Gasteiger partial charge in [-0.2, -0.15) is 4.68 Å². The van der Waals surface area contributed by atoms with Gasteiger partial charge in [-0.05, 0) is 42.2 Å². The van der Waals surface area contributed by atoms with Crippen molar-refractivity contribution in [3.05, 3.63) is 64.8 Å². The molecule has 1 heterocycles. The second-order valence-electron chi connectivity index (χ2n) is 5.25. The predicted molar refractivity (Wildman–Crippen MR) is 100 cm³/mol. The minimum atomic E-state index is -0.375. The fourth-order valence-corrected chi connectivity index (χ4v) is 2.83. The molecule has 8 heteroatoms. The van der Waals surface area contributed by atoms with E-state index in [-0.39, 0.29) is 17.4 Å². The SMILES string of the molecule is CSc1cccc(-n2nnc(C(=O)NCc3ccc(Cl)cc3)c2N)c1. The van der Waals surface area contributed by atoms with E-state index in [0.29, 0.717) is 11.6 Å². The molecule has 0 saturated heterocycles. The van der Waals surface area contributed by atoms with E-state index in [1.807, 2.05) is 42.7 Å². The second-order valence-corrected chi connectivity index (χ2v) is 6.56. The molecule has 0 aliphatic heterocycles. The number of amides is 1. The standard InChI is InChI=1S/C17H16ClN5OS/c1-25-14-4-2-3-13(9-14)23-16(19)15(21-22-23)17(24)20-10-11-5-7-12(18)8-6-11/h2-9H,10,19H2,1H3,(H,20,24). The zero-order valence-corrected chi connectivity index (χ0v) is 15.0. The van der Waals surface area contributed by atoms with Gasteiger partial charge < -0.3 is 11.1 Å². The number of carbonyl (C=O) groups is 1. The highest BCUT2D eigenvalue weighted by Crippen LogP contribution is 2.21. The third-order valence-corrected chi connectivity index (χ3v) is 4.56. The number of hydrogen-bond acceptors (Lipinski definition) is 5. The second kappa shape index (κ2) is 7.58. The number of carbonyl (C=O) groups excluding carboxylic acids is 1. The third-order valence-electron chi connectivity index (χ3n) is 3.58. The molecule has 0 unspecified atom stereocenters. The first-order valence-electron chi connectivity index (χ1n) is 7.46. The fourth-order valence-electron chi connectivity index (χ4n) is 2.25. The molecule has 0 saturated carbocycles. The smallest absolute Gasteiger partial charge is 0.275 e. The molecular formula is C17H16ClN5OS. The van der Waals surface area contributed by atoms with Gasteiger partial charge in [0.1, 0.15) is 0 Å². The molecule has 6 nitrogen and oxygen atoms in total. The molecule has 3 rings (SSSR count). The van der Waals surface area contributed by atoms with E-state index in [0.717, 1.165) is 16.1 Å². The van der Waals surface area contributed by atoms with Crippen LogP contribution in [0.4, 0.5) is 5.82 Å². The van der Waals surface area contributed by atoms with Gasteiger partial charge in [-0.3, -0.25) is 4.79 Å². The lowest BCUT2D eigenvalue weighted by Crippen LogP contribution is -2.24. The van der Waals surface area contributed by atoms with Crippen molar-refractivity contribution < 1.29 is 4.79 Å². The largest absolute Gasteiger partial charge is 0.382 e. The van der Waals surface area contributed by atoms with Crippen molar-refractivity contribution in [3.63, 3.8) is 0 Å². The summed E-state index contributed by atoms with van der Waals surface area (Å²) < 4.78 is 1.46. The summed E-state index contributed by atoms with van der Waals surface area (Å²) in [6, 6.07) is 14.9. The lowest BCUT2D eigenvalue weighted by Gasteiger charge is -2.06. The third kappa shape index (κ3) is 3.94. The summed E-state index contributed by atoms with van der Waals surface area (Å²) in [4.78, 5) is 13.4. The van der Waals surface area contributed by atoms with Crippen LogP contribution in [0, 0.1) is 0 Å². The highest BCUT2D eigenvalue weighted by molar-refractivity contribution is 7.98. The Morgan fingerprint density at radius 2 is 2.04 bits per heavy atom. The topological polar surface area (TPSA) is 85.8 Å². The Balaban J connectivity index is 1.75. The van der Waals surface area contributed by atoms with Crippen LogP contribution < -0.4 is 11.1 Å². The Morgan fingerprint density at radius 1 is 1.28 bits per heavy atom. The number of aromatic nitrogens is 3. The average Bonchev–Trinajstić information content (AvgIpc) is 3.02. The first-order valence-corrected chi connectivity index (χ1v) is 9.07. The van der Waals surface area contributed by atoms with Crippen LogP contribution >= 0.6 is 23.4 Å². The maximum Gasteiger partial charge on any atom is 0.275 e. The number of hydrogen-bond donors (Lipinski definition) is 2. The van der Waals surface area contributed by atoms with Gasteiger partial charge in [0.15, 0.2) is 11.5 Å². The Morgan fingerprint density at radius 3 is 2.76 bits per heavy atom. The average molecular weight is 374 g/mol. The zero-order valence-electron chi connectivity index (χ0n) is 13.4. The van der Waals surface area contributed by atoms with E-state index in [4.69, 9.17) is 17.3 Å². The zero-order chi connectivity index (χ0) is 17.8. The lowest BCUT2D eigenvalue weighted by atomic mass is 10.2. The molecule has 1 aromatic heterocycles. The number of rotatable bonds is 5. The predicted octanol–water partition coefficient (Wildman–Crippen LogP) is 3.15. The Hall–Kier alpha value is -2.51. The summed E-state index contributed by atoms with van der Waals surface area (Å²) in [6.07, 6.45) is 1.99. The molecule has 0 aliphatic rings. The Labute approximate surface area is 154 Å². The van der Waals surface area contributed by atoms with E-state index in [2.05, 4.69) is 15.6 Å². The van der Waals surface area contributed by atoms with Crippen molar-refractivity contribution in [2.45, 2.75) is 11.4 Å². The number of nitrogens with two attached hydrogens (primary N) is 1. The summed E-state index contributed by atoms with van der Waals surface area (Å²) in [5, 5.41) is 11.4. The highest BCUT2D eigenvalue weighted by Gasteiger charge is 2.18. The molecule has 0 spiro atoms. The number of halogens is 1. The van der Waals surface area contributed by atoms with Crippen LogP contribution in [0.25, 0.3) is 5.69 Å². The van der Waals surface area contributed by atoms with Gasteiger partial charge in [0.25, 0.3) is 5.91 Å². The summed E-state index contributed by atoms with van der Waals surface area (Å²) in [5.74, 6) is -0.174. The number of nitrogen functional groups attached to an aromatic ring is 1. The minimum Gasteiger partial charge on any atom is -0.382 e. The van der Waals surface area contributed by atoms with E-state index in [9.17, 15) is 4.79 Å². The van der Waals surface area contributed by atoms with Crippen LogP contribution in [-0.2, 0) is 6.54 Å². The van der Waals surface area contributed by atoms with Crippen molar-refractivity contribution in [3.8, 4) is 5.69 Å². The van der Waals surface area contributed by atoms with Gasteiger partial charge in [0.05, 0.1) is 5.69 Å². The summed E-state index contributed by atoms with van der Waals surface area (Å²) in [6.45, 7) is 0.351.